The van der Waals surface area contributed by atoms with Crippen molar-refractivity contribution in [1.82, 2.24) is 25.4 Å². The number of hydrogen-bond acceptors (Lipinski definition) is 3. The van der Waals surface area contributed by atoms with E-state index in [4.69, 9.17) is 4.99 Å². The van der Waals surface area contributed by atoms with Gasteiger partial charge in [0.2, 0.25) is 0 Å². The zero-order valence-corrected chi connectivity index (χ0v) is 15.8. The molecule has 6 heteroatoms. The molecule has 3 rings (SSSR count). The predicted octanol–water partition coefficient (Wildman–Crippen LogP) is 3.14. The summed E-state index contributed by atoms with van der Waals surface area (Å²) in [5.41, 5.74) is 3.58. The summed E-state index contributed by atoms with van der Waals surface area (Å²) in [6.45, 7) is 6.35. The Labute approximate surface area is 160 Å². The van der Waals surface area contributed by atoms with E-state index in [0.29, 0.717) is 13.1 Å². The van der Waals surface area contributed by atoms with Crippen LogP contribution in [-0.2, 0) is 13.1 Å². The second-order valence-corrected chi connectivity index (χ2v) is 6.38. The smallest absolute Gasteiger partial charge is 0.192 e. The number of aromatic nitrogens is 3. The summed E-state index contributed by atoms with van der Waals surface area (Å²) in [4.78, 5) is 8.73. The third kappa shape index (κ3) is 5.67. The third-order valence-corrected chi connectivity index (χ3v) is 4.22. The van der Waals surface area contributed by atoms with Crippen molar-refractivity contribution >= 4 is 5.96 Å². The molecule has 2 N–H and O–H groups in total. The molecule has 0 radical (unpaired) electrons. The Bertz CT molecular complexity index is 842. The quantitative estimate of drug-likeness (QED) is 0.500. The second-order valence-electron chi connectivity index (χ2n) is 6.38. The largest absolute Gasteiger partial charge is 0.357 e. The Morgan fingerprint density at radius 3 is 2.67 bits per heavy atom. The molecule has 0 aliphatic heterocycles. The van der Waals surface area contributed by atoms with Gasteiger partial charge in [0.05, 0.1) is 19.1 Å². The molecule has 1 aromatic heterocycles. The fourth-order valence-electron chi connectivity index (χ4n) is 2.85. The Kier molecular flexibility index (Phi) is 6.57. The predicted molar refractivity (Wildman–Crippen MR) is 108 cm³/mol. The van der Waals surface area contributed by atoms with Crippen molar-refractivity contribution < 1.29 is 0 Å². The van der Waals surface area contributed by atoms with E-state index in [2.05, 4.69) is 83.1 Å². The standard InChI is InChI=1S/C21H26N6/c1-3-23-21(26-17(2)20-10-5-4-6-11-20)24-13-18-8-7-9-19(12-18)14-27-16-22-15-25-27/h4-12,15-17H,3,13-14H2,1-2H3,(H2,23,24,26). The van der Waals surface area contributed by atoms with E-state index < -0.39 is 0 Å². The molecular weight excluding hydrogens is 336 g/mol. The minimum atomic E-state index is 0.183. The molecule has 2 aromatic carbocycles. The topological polar surface area (TPSA) is 67.1 Å². The molecule has 0 amide bonds. The van der Waals surface area contributed by atoms with Gasteiger partial charge in [-0.25, -0.2) is 14.7 Å². The van der Waals surface area contributed by atoms with Crippen molar-refractivity contribution in [3.63, 3.8) is 0 Å². The number of nitrogens with zero attached hydrogens (tertiary/aromatic N) is 4. The Morgan fingerprint density at radius 1 is 1.11 bits per heavy atom. The summed E-state index contributed by atoms with van der Waals surface area (Å²) in [5.74, 6) is 0.815. The molecular formula is C21H26N6. The summed E-state index contributed by atoms with van der Waals surface area (Å²) >= 11 is 0. The van der Waals surface area contributed by atoms with Crippen LogP contribution in [-0.4, -0.2) is 27.3 Å². The molecule has 140 valence electrons. The zero-order valence-electron chi connectivity index (χ0n) is 15.8. The highest BCUT2D eigenvalue weighted by Gasteiger charge is 2.07. The first-order valence-corrected chi connectivity index (χ1v) is 9.24. The lowest BCUT2D eigenvalue weighted by Crippen LogP contribution is -2.38. The number of rotatable bonds is 7. The summed E-state index contributed by atoms with van der Waals surface area (Å²) < 4.78 is 1.82. The molecule has 0 fully saturated rings. The average Bonchev–Trinajstić information content (AvgIpc) is 3.20. The van der Waals surface area contributed by atoms with E-state index in [1.165, 1.54) is 11.1 Å². The van der Waals surface area contributed by atoms with E-state index in [1.807, 2.05) is 10.7 Å². The molecule has 0 bridgehead atoms. The average molecular weight is 362 g/mol. The van der Waals surface area contributed by atoms with Gasteiger partial charge in [0.25, 0.3) is 0 Å². The van der Waals surface area contributed by atoms with Crippen molar-refractivity contribution in [2.45, 2.75) is 33.0 Å². The maximum atomic E-state index is 4.75. The minimum absolute atomic E-state index is 0.183. The third-order valence-electron chi connectivity index (χ3n) is 4.22. The molecule has 6 nitrogen and oxygen atoms in total. The van der Waals surface area contributed by atoms with Crippen molar-refractivity contribution in [3.05, 3.63) is 83.9 Å². The monoisotopic (exact) mass is 362 g/mol. The van der Waals surface area contributed by atoms with E-state index in [-0.39, 0.29) is 6.04 Å². The summed E-state index contributed by atoms with van der Waals surface area (Å²) in [6, 6.07) is 19.0. The molecule has 1 atom stereocenters. The minimum Gasteiger partial charge on any atom is -0.357 e. The SMILES string of the molecule is CCNC(=NCc1cccc(Cn2cncn2)c1)NC(C)c1ccccc1. The van der Waals surface area contributed by atoms with Gasteiger partial charge in [0.15, 0.2) is 5.96 Å². The lowest BCUT2D eigenvalue weighted by Gasteiger charge is -2.18. The van der Waals surface area contributed by atoms with Gasteiger partial charge in [-0.3, -0.25) is 0 Å². The first-order chi connectivity index (χ1) is 13.2. The normalized spacial score (nSPS) is 12.6. The number of aliphatic imine (C=N–C) groups is 1. The van der Waals surface area contributed by atoms with Gasteiger partial charge in [-0.15, -0.1) is 0 Å². The first kappa shape index (κ1) is 18.6. The maximum Gasteiger partial charge on any atom is 0.192 e. The van der Waals surface area contributed by atoms with Gasteiger partial charge in [-0.05, 0) is 30.5 Å². The van der Waals surface area contributed by atoms with E-state index in [0.717, 1.165) is 18.1 Å². The highest BCUT2D eigenvalue weighted by atomic mass is 15.3. The number of hydrogen-bond donors (Lipinski definition) is 2. The van der Waals surface area contributed by atoms with E-state index in [9.17, 15) is 0 Å². The van der Waals surface area contributed by atoms with Crippen LogP contribution in [0.5, 0.6) is 0 Å². The van der Waals surface area contributed by atoms with Crippen LogP contribution in [0.15, 0.2) is 72.2 Å². The molecule has 0 aliphatic rings. The number of guanidine groups is 1. The van der Waals surface area contributed by atoms with Crippen molar-refractivity contribution in [3.8, 4) is 0 Å². The van der Waals surface area contributed by atoms with Crippen LogP contribution < -0.4 is 10.6 Å². The van der Waals surface area contributed by atoms with Crippen LogP contribution in [0, 0.1) is 0 Å². The van der Waals surface area contributed by atoms with Crippen LogP contribution in [0.3, 0.4) is 0 Å². The van der Waals surface area contributed by atoms with Gasteiger partial charge < -0.3 is 10.6 Å². The van der Waals surface area contributed by atoms with Gasteiger partial charge >= 0.3 is 0 Å². The Morgan fingerprint density at radius 2 is 1.93 bits per heavy atom. The summed E-state index contributed by atoms with van der Waals surface area (Å²) in [5, 5.41) is 11.0. The lowest BCUT2D eigenvalue weighted by atomic mass is 10.1. The molecule has 0 spiro atoms. The fourth-order valence-corrected chi connectivity index (χ4v) is 2.85. The molecule has 3 aromatic rings. The molecule has 1 unspecified atom stereocenters. The van der Waals surface area contributed by atoms with Gasteiger partial charge in [-0.2, -0.15) is 5.10 Å². The maximum absolute atomic E-state index is 4.75. The van der Waals surface area contributed by atoms with Crippen LogP contribution >= 0.6 is 0 Å². The van der Waals surface area contributed by atoms with E-state index in [1.54, 1.807) is 12.7 Å². The van der Waals surface area contributed by atoms with Gasteiger partial charge in [0, 0.05) is 6.54 Å². The Balaban J connectivity index is 1.66. The number of benzene rings is 2. The molecule has 1 heterocycles. The van der Waals surface area contributed by atoms with Crippen LogP contribution in [0.1, 0.15) is 36.6 Å². The molecule has 27 heavy (non-hydrogen) atoms. The molecule has 0 saturated carbocycles. The Hall–Kier alpha value is -3.15. The van der Waals surface area contributed by atoms with Crippen molar-refractivity contribution in [1.29, 1.82) is 0 Å². The van der Waals surface area contributed by atoms with Gasteiger partial charge in [-0.1, -0.05) is 54.6 Å². The van der Waals surface area contributed by atoms with Crippen molar-refractivity contribution in [2.24, 2.45) is 4.99 Å². The number of nitrogens with one attached hydrogen (secondary N) is 2. The molecule has 0 aliphatic carbocycles. The van der Waals surface area contributed by atoms with Crippen LogP contribution in [0.4, 0.5) is 0 Å². The zero-order chi connectivity index (χ0) is 18.9. The van der Waals surface area contributed by atoms with Crippen molar-refractivity contribution in [2.75, 3.05) is 6.54 Å². The van der Waals surface area contributed by atoms with Gasteiger partial charge in [0.1, 0.15) is 12.7 Å². The first-order valence-electron chi connectivity index (χ1n) is 9.24. The van der Waals surface area contributed by atoms with Crippen LogP contribution in [0.2, 0.25) is 0 Å². The highest BCUT2D eigenvalue weighted by Crippen LogP contribution is 2.11. The highest BCUT2D eigenvalue weighted by molar-refractivity contribution is 5.80. The van der Waals surface area contributed by atoms with E-state index >= 15 is 0 Å². The lowest BCUT2D eigenvalue weighted by molar-refractivity contribution is 0.682. The summed E-state index contributed by atoms with van der Waals surface area (Å²) in [7, 11) is 0. The molecule has 0 saturated heterocycles. The fraction of sp³-hybridized carbons (Fsp3) is 0.286. The second kappa shape index (κ2) is 9.52. The summed E-state index contributed by atoms with van der Waals surface area (Å²) in [6.07, 6.45) is 3.28. The van der Waals surface area contributed by atoms with Crippen LogP contribution in [0.25, 0.3) is 0 Å².